The molecule has 0 unspecified atom stereocenters. The molecule has 1 saturated heterocycles. The number of hydrogen-bond acceptors (Lipinski definition) is 6. The Balaban J connectivity index is 1.72. The van der Waals surface area contributed by atoms with Gasteiger partial charge >= 0.3 is 12.1 Å². The maximum Gasteiger partial charge on any atom is 0.415 e. The normalized spacial score (nSPS) is 15.3. The number of ether oxygens (including phenoxy) is 2. The van der Waals surface area contributed by atoms with Crippen molar-refractivity contribution in [3.63, 3.8) is 0 Å². The summed E-state index contributed by atoms with van der Waals surface area (Å²) >= 11 is 0. The molecule has 0 atom stereocenters. The van der Waals surface area contributed by atoms with E-state index in [9.17, 15) is 9.59 Å². The molecule has 2 N–H and O–H groups in total. The molecule has 7 nitrogen and oxygen atoms in total. The number of nitrogens with zero attached hydrogens (tertiary/aromatic N) is 2. The van der Waals surface area contributed by atoms with Crippen LogP contribution in [0.2, 0.25) is 0 Å². The van der Waals surface area contributed by atoms with Gasteiger partial charge in [-0.1, -0.05) is 0 Å². The first-order valence-corrected chi connectivity index (χ1v) is 7.78. The molecule has 1 aromatic rings. The zero-order valence-electron chi connectivity index (χ0n) is 13.4. The lowest BCUT2D eigenvalue weighted by Crippen LogP contribution is -2.49. The van der Waals surface area contributed by atoms with E-state index < -0.39 is 0 Å². The molecule has 0 spiro atoms. The van der Waals surface area contributed by atoms with Crippen LogP contribution >= 0.6 is 0 Å². The number of piperazine rings is 1. The molecule has 7 heteroatoms. The summed E-state index contributed by atoms with van der Waals surface area (Å²) in [5, 5.41) is 0. The van der Waals surface area contributed by atoms with Gasteiger partial charge in [0.2, 0.25) is 0 Å². The highest BCUT2D eigenvalue weighted by molar-refractivity contribution is 5.71. The molecule has 2 rings (SSSR count). The predicted octanol–water partition coefficient (Wildman–Crippen LogP) is 1.34. The number of nitrogen functional groups attached to an aromatic ring is 1. The molecule has 0 bridgehead atoms. The Labute approximate surface area is 135 Å². The smallest absolute Gasteiger partial charge is 0.415 e. The lowest BCUT2D eigenvalue weighted by atomic mass is 10.3. The highest BCUT2D eigenvalue weighted by atomic mass is 16.6. The molecule has 0 saturated carbocycles. The molecule has 126 valence electrons. The molecule has 23 heavy (non-hydrogen) atoms. The maximum absolute atomic E-state index is 12.1. The van der Waals surface area contributed by atoms with Gasteiger partial charge in [0, 0.05) is 38.4 Å². The van der Waals surface area contributed by atoms with Gasteiger partial charge in [0.05, 0.1) is 13.0 Å². The second-order valence-electron chi connectivity index (χ2n) is 5.32. The van der Waals surface area contributed by atoms with Gasteiger partial charge in [-0.2, -0.15) is 0 Å². The van der Waals surface area contributed by atoms with E-state index >= 15 is 0 Å². The zero-order chi connectivity index (χ0) is 16.7. The second kappa shape index (κ2) is 8.38. The number of amides is 1. The lowest BCUT2D eigenvalue weighted by Gasteiger charge is -2.33. The topological polar surface area (TPSA) is 85.1 Å². The molecule has 1 aromatic carbocycles. The third-order valence-electron chi connectivity index (χ3n) is 3.65. The summed E-state index contributed by atoms with van der Waals surface area (Å²) in [6.45, 7) is 5.45. The van der Waals surface area contributed by atoms with E-state index in [0.717, 1.165) is 13.1 Å². The summed E-state index contributed by atoms with van der Waals surface area (Å²) in [5.74, 6) is 0.298. The highest BCUT2D eigenvalue weighted by Gasteiger charge is 2.22. The first-order chi connectivity index (χ1) is 11.1. The van der Waals surface area contributed by atoms with E-state index in [-0.39, 0.29) is 12.1 Å². The van der Waals surface area contributed by atoms with E-state index in [1.165, 1.54) is 0 Å². The third kappa shape index (κ3) is 5.45. The van der Waals surface area contributed by atoms with Crippen LogP contribution in [0, 0.1) is 0 Å². The highest BCUT2D eigenvalue weighted by Crippen LogP contribution is 2.15. The van der Waals surface area contributed by atoms with Crippen molar-refractivity contribution in [1.82, 2.24) is 9.80 Å². The van der Waals surface area contributed by atoms with Crippen LogP contribution in [0.15, 0.2) is 24.3 Å². The zero-order valence-corrected chi connectivity index (χ0v) is 13.4. The molecular formula is C16H23N3O4. The average Bonchev–Trinajstić information content (AvgIpc) is 2.56. The number of rotatable bonds is 5. The van der Waals surface area contributed by atoms with Crippen molar-refractivity contribution in [2.24, 2.45) is 0 Å². The van der Waals surface area contributed by atoms with Crippen LogP contribution in [0.3, 0.4) is 0 Å². The van der Waals surface area contributed by atoms with Gasteiger partial charge in [-0.05, 0) is 31.2 Å². The number of hydrogen-bond donors (Lipinski definition) is 1. The van der Waals surface area contributed by atoms with Gasteiger partial charge in [0.15, 0.2) is 0 Å². The second-order valence-corrected chi connectivity index (χ2v) is 5.32. The van der Waals surface area contributed by atoms with Gasteiger partial charge in [0.1, 0.15) is 5.75 Å². The fourth-order valence-electron chi connectivity index (χ4n) is 2.34. The minimum Gasteiger partial charge on any atom is -0.466 e. The monoisotopic (exact) mass is 321 g/mol. The van der Waals surface area contributed by atoms with Crippen molar-refractivity contribution >= 4 is 17.7 Å². The summed E-state index contributed by atoms with van der Waals surface area (Å²) in [5.41, 5.74) is 6.22. The molecule has 1 aliphatic rings. The van der Waals surface area contributed by atoms with E-state index in [4.69, 9.17) is 15.2 Å². The van der Waals surface area contributed by atoms with Crippen molar-refractivity contribution in [2.75, 3.05) is 45.1 Å². The Morgan fingerprint density at radius 1 is 1.13 bits per heavy atom. The summed E-state index contributed by atoms with van der Waals surface area (Å²) in [7, 11) is 0. The Hall–Kier alpha value is -2.28. The minimum absolute atomic E-state index is 0.183. The van der Waals surface area contributed by atoms with E-state index in [2.05, 4.69) is 4.90 Å². The number of esters is 1. The first kappa shape index (κ1) is 17.1. The van der Waals surface area contributed by atoms with Crippen molar-refractivity contribution < 1.29 is 19.1 Å². The Morgan fingerprint density at radius 3 is 2.39 bits per heavy atom. The first-order valence-electron chi connectivity index (χ1n) is 7.78. The molecular weight excluding hydrogens is 298 g/mol. The Bertz CT molecular complexity index is 525. The number of anilines is 1. The van der Waals surface area contributed by atoms with Gasteiger partial charge in [-0.15, -0.1) is 0 Å². The molecule has 0 aromatic heterocycles. The number of carbonyl (C=O) groups is 2. The third-order valence-corrected chi connectivity index (χ3v) is 3.65. The van der Waals surface area contributed by atoms with Gasteiger partial charge in [-0.3, -0.25) is 9.69 Å². The summed E-state index contributed by atoms with van der Waals surface area (Å²) in [4.78, 5) is 27.2. The van der Waals surface area contributed by atoms with Crippen LogP contribution in [-0.4, -0.2) is 61.2 Å². The van der Waals surface area contributed by atoms with Crippen LogP contribution < -0.4 is 10.5 Å². The summed E-state index contributed by atoms with van der Waals surface area (Å²) < 4.78 is 10.2. The molecule has 1 heterocycles. The molecule has 1 fully saturated rings. The van der Waals surface area contributed by atoms with Crippen molar-refractivity contribution in [3.8, 4) is 5.75 Å². The van der Waals surface area contributed by atoms with E-state index in [0.29, 0.717) is 44.1 Å². The van der Waals surface area contributed by atoms with Crippen LogP contribution in [-0.2, 0) is 9.53 Å². The van der Waals surface area contributed by atoms with Crippen molar-refractivity contribution in [1.29, 1.82) is 0 Å². The standard InChI is InChI=1S/C16H23N3O4/c1-2-22-15(20)7-8-18-9-11-19(12-10-18)16(21)23-14-5-3-13(17)4-6-14/h3-6H,2,7-12,17H2,1H3. The van der Waals surface area contributed by atoms with Gasteiger partial charge < -0.3 is 20.1 Å². The maximum atomic E-state index is 12.1. The van der Waals surface area contributed by atoms with Crippen molar-refractivity contribution in [3.05, 3.63) is 24.3 Å². The number of carbonyl (C=O) groups excluding carboxylic acids is 2. The average molecular weight is 321 g/mol. The van der Waals surface area contributed by atoms with E-state index in [1.54, 1.807) is 36.1 Å². The minimum atomic E-state index is -0.361. The van der Waals surface area contributed by atoms with Crippen LogP contribution in [0.25, 0.3) is 0 Å². The van der Waals surface area contributed by atoms with Crippen LogP contribution in [0.4, 0.5) is 10.5 Å². The Kier molecular flexibility index (Phi) is 6.22. The van der Waals surface area contributed by atoms with Gasteiger partial charge in [0.25, 0.3) is 0 Å². The SMILES string of the molecule is CCOC(=O)CCN1CCN(C(=O)Oc2ccc(N)cc2)CC1. The predicted molar refractivity (Wildman–Crippen MR) is 86.1 cm³/mol. The number of nitrogens with two attached hydrogens (primary N) is 1. The number of benzene rings is 1. The van der Waals surface area contributed by atoms with Gasteiger partial charge in [-0.25, -0.2) is 4.79 Å². The Morgan fingerprint density at radius 2 is 1.78 bits per heavy atom. The fraction of sp³-hybridized carbons (Fsp3) is 0.500. The summed E-state index contributed by atoms with van der Waals surface area (Å²) in [6, 6.07) is 6.72. The van der Waals surface area contributed by atoms with E-state index in [1.807, 2.05) is 0 Å². The van der Waals surface area contributed by atoms with Crippen LogP contribution in [0.5, 0.6) is 5.75 Å². The molecule has 0 radical (unpaired) electrons. The van der Waals surface area contributed by atoms with Crippen LogP contribution in [0.1, 0.15) is 13.3 Å². The summed E-state index contributed by atoms with van der Waals surface area (Å²) in [6.07, 6.45) is 0.0174. The quantitative estimate of drug-likeness (QED) is 0.651. The lowest BCUT2D eigenvalue weighted by molar-refractivity contribution is -0.143. The molecule has 0 aliphatic carbocycles. The molecule has 1 amide bonds. The fourth-order valence-corrected chi connectivity index (χ4v) is 2.34. The molecule has 1 aliphatic heterocycles. The largest absolute Gasteiger partial charge is 0.466 e. The van der Waals surface area contributed by atoms with Crippen molar-refractivity contribution in [2.45, 2.75) is 13.3 Å².